The van der Waals surface area contributed by atoms with Gasteiger partial charge in [0.15, 0.2) is 0 Å². The second-order valence-electron chi connectivity index (χ2n) is 4.45. The number of hydrogen-bond acceptors (Lipinski definition) is 3. The van der Waals surface area contributed by atoms with Crippen LogP contribution in [0.4, 0.5) is 0 Å². The lowest BCUT2D eigenvalue weighted by Gasteiger charge is -2.10. The second-order valence-corrected chi connectivity index (χ2v) is 4.45. The Morgan fingerprint density at radius 2 is 1.94 bits per heavy atom. The van der Waals surface area contributed by atoms with Crippen molar-refractivity contribution in [3.05, 3.63) is 57.0 Å². The third kappa shape index (κ3) is 2.19. The summed E-state index contributed by atoms with van der Waals surface area (Å²) >= 11 is 0. The van der Waals surface area contributed by atoms with Crippen LogP contribution in [0.25, 0.3) is 5.69 Å². The monoisotopic (exact) mass is 244 g/mol. The number of rotatable bonds is 2. The van der Waals surface area contributed by atoms with Crippen molar-refractivity contribution in [3.63, 3.8) is 0 Å². The molecule has 0 spiro atoms. The van der Waals surface area contributed by atoms with Gasteiger partial charge in [-0.3, -0.25) is 4.79 Å². The van der Waals surface area contributed by atoms with Gasteiger partial charge in [-0.25, -0.2) is 0 Å². The normalized spacial score (nSPS) is 10.7. The highest BCUT2D eigenvalue weighted by molar-refractivity contribution is 5.42. The minimum atomic E-state index is -0.225. The van der Waals surface area contributed by atoms with Gasteiger partial charge in [0.25, 0.3) is 5.56 Å². The maximum atomic E-state index is 12.0. The first-order valence-corrected chi connectivity index (χ1v) is 5.81. The summed E-state index contributed by atoms with van der Waals surface area (Å²) in [5, 5.41) is 13.4. The van der Waals surface area contributed by atoms with Gasteiger partial charge in [-0.2, -0.15) is 9.78 Å². The Labute approximate surface area is 106 Å². The van der Waals surface area contributed by atoms with E-state index in [-0.39, 0.29) is 12.2 Å². The first kappa shape index (κ1) is 12.5. The van der Waals surface area contributed by atoms with Crippen LogP contribution >= 0.6 is 0 Å². The zero-order chi connectivity index (χ0) is 13.3. The molecule has 0 saturated carbocycles. The summed E-state index contributed by atoms with van der Waals surface area (Å²) in [4.78, 5) is 12.0. The topological polar surface area (TPSA) is 55.1 Å². The van der Waals surface area contributed by atoms with Crippen molar-refractivity contribution in [2.75, 3.05) is 0 Å². The highest BCUT2D eigenvalue weighted by Crippen LogP contribution is 2.13. The van der Waals surface area contributed by atoms with Crippen LogP contribution in [-0.2, 0) is 6.61 Å². The van der Waals surface area contributed by atoms with Crippen LogP contribution in [0.1, 0.15) is 22.4 Å². The predicted molar refractivity (Wildman–Crippen MR) is 70.0 cm³/mol. The van der Waals surface area contributed by atoms with Crippen molar-refractivity contribution in [1.29, 1.82) is 0 Å². The fourth-order valence-corrected chi connectivity index (χ4v) is 1.95. The predicted octanol–water partition coefficient (Wildman–Crippen LogP) is 1.65. The molecule has 0 unspecified atom stereocenters. The van der Waals surface area contributed by atoms with Crippen LogP contribution in [0.15, 0.2) is 29.1 Å². The highest BCUT2D eigenvalue weighted by atomic mass is 16.3. The summed E-state index contributed by atoms with van der Waals surface area (Å²) in [6.45, 7) is 5.58. The maximum absolute atomic E-state index is 12.0. The van der Waals surface area contributed by atoms with Gasteiger partial charge in [0.1, 0.15) is 0 Å². The van der Waals surface area contributed by atoms with Crippen LogP contribution in [-0.4, -0.2) is 14.9 Å². The number of benzene rings is 1. The first-order valence-electron chi connectivity index (χ1n) is 5.81. The van der Waals surface area contributed by atoms with Crippen molar-refractivity contribution in [3.8, 4) is 5.69 Å². The summed E-state index contributed by atoms with van der Waals surface area (Å²) in [5.74, 6) is 0. The molecule has 1 N–H and O–H groups in total. The van der Waals surface area contributed by atoms with Crippen molar-refractivity contribution in [2.45, 2.75) is 27.4 Å². The quantitative estimate of drug-likeness (QED) is 0.874. The average Bonchev–Trinajstić information content (AvgIpc) is 2.32. The van der Waals surface area contributed by atoms with E-state index in [1.54, 1.807) is 6.92 Å². The minimum absolute atomic E-state index is 0.165. The molecule has 0 aliphatic carbocycles. The van der Waals surface area contributed by atoms with Gasteiger partial charge in [-0.1, -0.05) is 17.7 Å². The molecule has 0 bridgehead atoms. The molecule has 4 heteroatoms. The molecule has 0 fully saturated rings. The number of nitrogens with zero attached hydrogens (tertiary/aromatic N) is 2. The summed E-state index contributed by atoms with van der Waals surface area (Å²) < 4.78 is 1.38. The molecule has 2 aromatic rings. The summed E-state index contributed by atoms with van der Waals surface area (Å²) in [5.41, 5.74) is 3.93. The van der Waals surface area contributed by atoms with Crippen LogP contribution in [0.3, 0.4) is 0 Å². The Hall–Kier alpha value is -1.94. The Kier molecular flexibility index (Phi) is 3.30. The number of aliphatic hydroxyl groups is 1. The molecule has 1 aromatic heterocycles. The molecule has 0 radical (unpaired) electrons. The molecular formula is C14H16N2O2. The molecule has 2 rings (SSSR count). The van der Waals surface area contributed by atoms with Crippen LogP contribution in [0, 0.1) is 20.8 Å². The van der Waals surface area contributed by atoms with Gasteiger partial charge >= 0.3 is 0 Å². The van der Waals surface area contributed by atoms with E-state index in [9.17, 15) is 4.79 Å². The van der Waals surface area contributed by atoms with E-state index in [4.69, 9.17) is 5.11 Å². The van der Waals surface area contributed by atoms with E-state index < -0.39 is 0 Å². The smallest absolute Gasteiger partial charge is 0.271 e. The Morgan fingerprint density at radius 3 is 2.56 bits per heavy atom. The Morgan fingerprint density at radius 1 is 1.22 bits per heavy atom. The standard InChI is InChI=1S/C14H16N2O2/c1-9-4-5-13(10(2)6-9)16-14(18)7-12(8-17)11(3)15-16/h4-7,17H,8H2,1-3H3. The summed E-state index contributed by atoms with van der Waals surface area (Å²) in [7, 11) is 0. The highest BCUT2D eigenvalue weighted by Gasteiger charge is 2.08. The largest absolute Gasteiger partial charge is 0.392 e. The zero-order valence-electron chi connectivity index (χ0n) is 10.8. The van der Waals surface area contributed by atoms with Gasteiger partial charge in [0.2, 0.25) is 0 Å². The van der Waals surface area contributed by atoms with E-state index in [0.717, 1.165) is 16.8 Å². The lowest BCUT2D eigenvalue weighted by atomic mass is 10.1. The van der Waals surface area contributed by atoms with Crippen molar-refractivity contribution in [1.82, 2.24) is 9.78 Å². The van der Waals surface area contributed by atoms with Crippen molar-refractivity contribution < 1.29 is 5.11 Å². The number of aryl methyl sites for hydroxylation is 3. The van der Waals surface area contributed by atoms with Gasteiger partial charge in [-0.05, 0) is 32.4 Å². The molecule has 1 aromatic carbocycles. The van der Waals surface area contributed by atoms with Gasteiger partial charge < -0.3 is 5.11 Å². The SMILES string of the molecule is Cc1ccc(-n2nc(C)c(CO)cc2=O)c(C)c1. The maximum Gasteiger partial charge on any atom is 0.271 e. The van der Waals surface area contributed by atoms with Crippen molar-refractivity contribution in [2.24, 2.45) is 0 Å². The molecule has 0 amide bonds. The minimum Gasteiger partial charge on any atom is -0.392 e. The van der Waals surface area contributed by atoms with Crippen LogP contribution < -0.4 is 5.56 Å². The number of hydrogen-bond donors (Lipinski definition) is 1. The van der Waals surface area contributed by atoms with E-state index >= 15 is 0 Å². The van der Waals surface area contributed by atoms with E-state index in [1.165, 1.54) is 10.7 Å². The Bertz CT molecular complexity index is 645. The van der Waals surface area contributed by atoms with E-state index in [2.05, 4.69) is 5.10 Å². The lowest BCUT2D eigenvalue weighted by Crippen LogP contribution is -2.23. The third-order valence-electron chi connectivity index (χ3n) is 2.97. The lowest BCUT2D eigenvalue weighted by molar-refractivity contribution is 0.279. The molecular weight excluding hydrogens is 228 g/mol. The van der Waals surface area contributed by atoms with E-state index in [0.29, 0.717) is 11.3 Å². The second kappa shape index (κ2) is 4.74. The molecule has 0 aliphatic rings. The molecule has 18 heavy (non-hydrogen) atoms. The van der Waals surface area contributed by atoms with Crippen LogP contribution in [0.2, 0.25) is 0 Å². The fourth-order valence-electron chi connectivity index (χ4n) is 1.95. The third-order valence-corrected chi connectivity index (χ3v) is 2.97. The van der Waals surface area contributed by atoms with E-state index in [1.807, 2.05) is 32.0 Å². The number of aromatic nitrogens is 2. The van der Waals surface area contributed by atoms with Gasteiger partial charge in [0.05, 0.1) is 18.0 Å². The molecule has 94 valence electrons. The molecule has 0 saturated heterocycles. The zero-order valence-corrected chi connectivity index (χ0v) is 10.8. The molecule has 1 heterocycles. The average molecular weight is 244 g/mol. The fraction of sp³-hybridized carbons (Fsp3) is 0.286. The molecule has 4 nitrogen and oxygen atoms in total. The molecule has 0 aliphatic heterocycles. The van der Waals surface area contributed by atoms with Gasteiger partial charge in [-0.15, -0.1) is 0 Å². The van der Waals surface area contributed by atoms with Crippen molar-refractivity contribution >= 4 is 0 Å². The summed E-state index contributed by atoms with van der Waals surface area (Å²) in [6, 6.07) is 7.28. The molecule has 0 atom stereocenters. The first-order chi connectivity index (χ1) is 8.52. The summed E-state index contributed by atoms with van der Waals surface area (Å²) in [6.07, 6.45) is 0. The van der Waals surface area contributed by atoms with Crippen LogP contribution in [0.5, 0.6) is 0 Å². The Balaban J connectivity index is 2.64. The number of aliphatic hydroxyl groups excluding tert-OH is 1. The van der Waals surface area contributed by atoms with Gasteiger partial charge in [0, 0.05) is 11.6 Å².